The monoisotopic (exact) mass is 341 g/mol. The van der Waals surface area contributed by atoms with Gasteiger partial charge in [0.25, 0.3) is 0 Å². The first-order chi connectivity index (χ1) is 11.1. The van der Waals surface area contributed by atoms with Crippen molar-refractivity contribution in [2.75, 3.05) is 0 Å². The number of aromatic hydroxyl groups is 1. The van der Waals surface area contributed by atoms with E-state index in [0.29, 0.717) is 17.8 Å². The first-order valence-corrected chi connectivity index (χ1v) is 6.77. The number of pyridine rings is 1. The normalized spacial score (nSPS) is 12.1. The van der Waals surface area contributed by atoms with Gasteiger partial charge >= 0.3 is 6.18 Å². The number of halogens is 4. The van der Waals surface area contributed by atoms with Crippen molar-refractivity contribution >= 4 is 11.0 Å². The molecule has 0 atom stereocenters. The average molecular weight is 341 g/mol. The van der Waals surface area contributed by atoms with Crippen molar-refractivity contribution in [3.63, 3.8) is 0 Å². The third-order valence-corrected chi connectivity index (χ3v) is 3.71. The van der Waals surface area contributed by atoms with Gasteiger partial charge in [-0.2, -0.15) is 18.3 Å². The lowest BCUT2D eigenvalue weighted by Crippen LogP contribution is -2.08. The first kappa shape index (κ1) is 16.0. The largest absolute Gasteiger partial charge is 0.503 e. The lowest BCUT2D eigenvalue weighted by molar-refractivity contribution is -0.137. The Balaban J connectivity index is 2.29. The Morgan fingerprint density at radius 2 is 1.96 bits per heavy atom. The number of H-pyrrole nitrogens is 1. The van der Waals surface area contributed by atoms with E-state index in [9.17, 15) is 27.5 Å². The van der Waals surface area contributed by atoms with E-state index < -0.39 is 28.7 Å². The summed E-state index contributed by atoms with van der Waals surface area (Å²) in [5.74, 6) is -1.99. The molecule has 0 saturated heterocycles. The molecule has 2 aromatic heterocycles. The van der Waals surface area contributed by atoms with E-state index in [0.717, 1.165) is 6.07 Å². The molecular formula is C15H11F4N3O2. The number of aromatic nitrogens is 3. The third kappa shape index (κ3) is 2.32. The van der Waals surface area contributed by atoms with E-state index in [1.54, 1.807) is 6.92 Å². The Morgan fingerprint density at radius 3 is 2.54 bits per heavy atom. The molecule has 9 heteroatoms. The van der Waals surface area contributed by atoms with Gasteiger partial charge in [0.1, 0.15) is 11.5 Å². The Labute approximate surface area is 132 Å². The zero-order valence-electron chi connectivity index (χ0n) is 12.5. The van der Waals surface area contributed by atoms with Crippen LogP contribution in [0.2, 0.25) is 0 Å². The Hall–Kier alpha value is -2.84. The van der Waals surface area contributed by atoms with Crippen LogP contribution in [0.1, 0.15) is 11.3 Å². The molecule has 0 radical (unpaired) electrons. The zero-order valence-corrected chi connectivity index (χ0v) is 12.5. The summed E-state index contributed by atoms with van der Waals surface area (Å²) in [5, 5.41) is 14.2. The van der Waals surface area contributed by atoms with Gasteiger partial charge in [0, 0.05) is 12.6 Å². The number of aromatic amines is 1. The lowest BCUT2D eigenvalue weighted by Gasteiger charge is -2.10. The Morgan fingerprint density at radius 1 is 1.29 bits per heavy atom. The summed E-state index contributed by atoms with van der Waals surface area (Å²) in [7, 11) is 1.54. The second-order valence-electron chi connectivity index (χ2n) is 5.30. The minimum Gasteiger partial charge on any atom is -0.503 e. The average Bonchev–Trinajstić information content (AvgIpc) is 2.76. The molecule has 1 aromatic carbocycles. The van der Waals surface area contributed by atoms with Crippen LogP contribution < -0.4 is 5.43 Å². The summed E-state index contributed by atoms with van der Waals surface area (Å²) in [6, 6.07) is 1.85. The highest BCUT2D eigenvalue weighted by molar-refractivity contribution is 5.84. The summed E-state index contributed by atoms with van der Waals surface area (Å²) >= 11 is 0. The van der Waals surface area contributed by atoms with Crippen molar-refractivity contribution in [3.05, 3.63) is 45.5 Å². The number of rotatable bonds is 1. The van der Waals surface area contributed by atoms with Crippen LogP contribution in [0, 0.1) is 12.7 Å². The van der Waals surface area contributed by atoms with Gasteiger partial charge in [-0.1, -0.05) is 0 Å². The highest BCUT2D eigenvalue weighted by atomic mass is 19.4. The van der Waals surface area contributed by atoms with Crippen LogP contribution in [0.3, 0.4) is 0 Å². The maximum Gasteiger partial charge on any atom is 0.416 e. The van der Waals surface area contributed by atoms with Crippen LogP contribution in [0.25, 0.3) is 22.3 Å². The van der Waals surface area contributed by atoms with Crippen molar-refractivity contribution in [2.45, 2.75) is 13.1 Å². The molecule has 0 aliphatic carbocycles. The molecule has 0 unspecified atom stereocenters. The number of hydrogen-bond acceptors (Lipinski definition) is 3. The molecule has 0 amide bonds. The molecule has 0 aliphatic heterocycles. The molecule has 2 heterocycles. The van der Waals surface area contributed by atoms with Gasteiger partial charge in [-0.05, 0) is 25.1 Å². The molecule has 24 heavy (non-hydrogen) atoms. The maximum atomic E-state index is 14.1. The highest BCUT2D eigenvalue weighted by Crippen LogP contribution is 2.34. The van der Waals surface area contributed by atoms with Crippen molar-refractivity contribution in [1.29, 1.82) is 0 Å². The second-order valence-corrected chi connectivity index (χ2v) is 5.30. The number of benzene rings is 1. The Kier molecular flexibility index (Phi) is 3.40. The number of alkyl halides is 3. The fourth-order valence-corrected chi connectivity index (χ4v) is 2.57. The molecule has 2 N–H and O–H groups in total. The molecule has 3 rings (SSSR count). The summed E-state index contributed by atoms with van der Waals surface area (Å²) in [6.45, 7) is 1.56. The summed E-state index contributed by atoms with van der Waals surface area (Å²) in [6.07, 6.45) is -4.70. The number of fused-ring (bicyclic) bond motifs is 1. The van der Waals surface area contributed by atoms with Gasteiger partial charge < -0.3 is 10.1 Å². The molecule has 0 saturated carbocycles. The quantitative estimate of drug-likeness (QED) is 0.668. The minimum atomic E-state index is -4.70. The van der Waals surface area contributed by atoms with Gasteiger partial charge in [-0.3, -0.25) is 9.48 Å². The van der Waals surface area contributed by atoms with Gasteiger partial charge in [0.15, 0.2) is 5.75 Å². The van der Waals surface area contributed by atoms with Crippen molar-refractivity contribution in [2.24, 2.45) is 7.05 Å². The van der Waals surface area contributed by atoms with E-state index in [1.165, 1.54) is 11.7 Å². The van der Waals surface area contributed by atoms with Crippen LogP contribution in [-0.4, -0.2) is 19.9 Å². The van der Waals surface area contributed by atoms with Gasteiger partial charge in [-0.25, -0.2) is 4.39 Å². The summed E-state index contributed by atoms with van der Waals surface area (Å²) in [4.78, 5) is 14.9. The minimum absolute atomic E-state index is 0.131. The van der Waals surface area contributed by atoms with Crippen LogP contribution >= 0.6 is 0 Å². The summed E-state index contributed by atoms with van der Waals surface area (Å²) < 4.78 is 53.3. The van der Waals surface area contributed by atoms with Crippen LogP contribution in [0.4, 0.5) is 17.6 Å². The summed E-state index contributed by atoms with van der Waals surface area (Å²) in [5.41, 5.74) is -2.00. The van der Waals surface area contributed by atoms with Gasteiger partial charge in [-0.15, -0.1) is 0 Å². The predicted octanol–water partition coefficient (Wildman–Crippen LogP) is 3.10. The zero-order chi connectivity index (χ0) is 17.8. The molecule has 0 spiro atoms. The molecule has 5 nitrogen and oxygen atoms in total. The number of aryl methyl sites for hydroxylation is 2. The fraction of sp³-hybridized carbons (Fsp3) is 0.200. The van der Waals surface area contributed by atoms with E-state index in [-0.39, 0.29) is 22.3 Å². The molecule has 0 bridgehead atoms. The number of nitrogens with zero attached hydrogens (tertiary/aromatic N) is 2. The van der Waals surface area contributed by atoms with Crippen LogP contribution in [0.5, 0.6) is 5.75 Å². The molecule has 0 fully saturated rings. The SMILES string of the molecule is Cc1nn(C)c2[nH]c(-c3ccc(C(F)(F)F)cc3F)c(O)c(=O)c12. The molecular weight excluding hydrogens is 330 g/mol. The molecule has 0 aliphatic rings. The number of hydrogen-bond donors (Lipinski definition) is 2. The molecule has 3 aromatic rings. The van der Waals surface area contributed by atoms with Gasteiger partial charge in [0.05, 0.1) is 22.3 Å². The van der Waals surface area contributed by atoms with Gasteiger partial charge in [0.2, 0.25) is 5.43 Å². The van der Waals surface area contributed by atoms with E-state index in [1.807, 2.05) is 0 Å². The van der Waals surface area contributed by atoms with E-state index in [2.05, 4.69) is 10.1 Å². The Bertz CT molecular complexity index is 1020. The standard InChI is InChI=1S/C15H11F4N3O2/c1-6-10-12(23)13(24)11(20-14(10)22(2)21-6)8-4-3-7(5-9(8)16)15(17,18)19/h3-5,24H,1-2H3,(H,20,23). The fourth-order valence-electron chi connectivity index (χ4n) is 2.57. The second kappa shape index (κ2) is 5.08. The van der Waals surface area contributed by atoms with Crippen LogP contribution in [-0.2, 0) is 13.2 Å². The lowest BCUT2D eigenvalue weighted by atomic mass is 10.1. The van der Waals surface area contributed by atoms with Crippen LogP contribution in [0.15, 0.2) is 23.0 Å². The maximum absolute atomic E-state index is 14.1. The third-order valence-electron chi connectivity index (χ3n) is 3.71. The van der Waals surface area contributed by atoms with Crippen molar-refractivity contribution < 1.29 is 22.7 Å². The van der Waals surface area contributed by atoms with E-state index >= 15 is 0 Å². The smallest absolute Gasteiger partial charge is 0.416 e. The van der Waals surface area contributed by atoms with Crippen molar-refractivity contribution in [3.8, 4) is 17.0 Å². The first-order valence-electron chi connectivity index (χ1n) is 6.77. The predicted molar refractivity (Wildman–Crippen MR) is 78.1 cm³/mol. The highest BCUT2D eigenvalue weighted by Gasteiger charge is 2.31. The topological polar surface area (TPSA) is 70.9 Å². The molecule has 126 valence electrons. The van der Waals surface area contributed by atoms with Crippen molar-refractivity contribution in [1.82, 2.24) is 14.8 Å². The number of nitrogens with one attached hydrogen (secondary N) is 1. The van der Waals surface area contributed by atoms with E-state index in [4.69, 9.17) is 0 Å².